The first-order chi connectivity index (χ1) is 4.31. The third kappa shape index (κ3) is 5.93. The average Bonchev–Trinajstić information content (AvgIpc) is 1.89. The highest BCUT2D eigenvalue weighted by atomic mass is 35.5. The van der Waals surface area contributed by atoms with Crippen LogP contribution >= 0.6 is 23.2 Å². The zero-order valence-corrected chi connectivity index (χ0v) is 6.41. The topological polar surface area (TPSA) is 26.3 Å². The van der Waals surface area contributed by atoms with E-state index in [4.69, 9.17) is 23.2 Å². The van der Waals surface area contributed by atoms with Crippen LogP contribution in [0.2, 0.25) is 0 Å². The predicted octanol–water partition coefficient (Wildman–Crippen LogP) is 1.40. The van der Waals surface area contributed by atoms with Gasteiger partial charge in [0.15, 0.2) is 0 Å². The van der Waals surface area contributed by atoms with Gasteiger partial charge < -0.3 is 4.74 Å². The average molecular weight is 171 g/mol. The molecular weight excluding hydrogens is 163 g/mol. The van der Waals surface area contributed by atoms with Gasteiger partial charge in [0, 0.05) is 5.88 Å². The minimum absolute atomic E-state index is 0.0811. The van der Waals surface area contributed by atoms with Crippen molar-refractivity contribution >= 4 is 29.2 Å². The van der Waals surface area contributed by atoms with Gasteiger partial charge in [-0.15, -0.1) is 23.2 Å². The molecule has 0 aliphatic carbocycles. The van der Waals surface area contributed by atoms with Gasteiger partial charge in [0.1, 0.15) is 5.88 Å². The van der Waals surface area contributed by atoms with Crippen LogP contribution in [-0.4, -0.2) is 24.3 Å². The first-order valence-corrected chi connectivity index (χ1v) is 3.65. The van der Waals surface area contributed by atoms with Crippen molar-refractivity contribution < 1.29 is 9.53 Å². The lowest BCUT2D eigenvalue weighted by atomic mass is 10.5. The molecule has 0 saturated carbocycles. The Morgan fingerprint density at radius 3 is 2.56 bits per heavy atom. The van der Waals surface area contributed by atoms with E-state index in [-0.39, 0.29) is 11.8 Å². The minimum atomic E-state index is -0.387. The number of alkyl halides is 2. The molecule has 0 heterocycles. The third-order valence-corrected chi connectivity index (χ3v) is 1.14. The van der Waals surface area contributed by atoms with Crippen LogP contribution in [0.1, 0.15) is 6.42 Å². The molecule has 9 heavy (non-hydrogen) atoms. The van der Waals surface area contributed by atoms with E-state index < -0.39 is 0 Å². The van der Waals surface area contributed by atoms with E-state index in [2.05, 4.69) is 4.74 Å². The molecule has 0 aromatic carbocycles. The first kappa shape index (κ1) is 9.05. The number of rotatable bonds is 4. The summed E-state index contributed by atoms with van der Waals surface area (Å²) in [5, 5.41) is 0. The molecule has 0 N–H and O–H groups in total. The summed E-state index contributed by atoms with van der Waals surface area (Å²) < 4.78 is 4.58. The van der Waals surface area contributed by atoms with Crippen molar-refractivity contribution in [2.45, 2.75) is 6.42 Å². The molecule has 54 valence electrons. The van der Waals surface area contributed by atoms with Gasteiger partial charge in [-0.05, 0) is 6.42 Å². The van der Waals surface area contributed by atoms with Crippen molar-refractivity contribution in [3.8, 4) is 0 Å². The first-order valence-electron chi connectivity index (χ1n) is 2.58. The van der Waals surface area contributed by atoms with Gasteiger partial charge in [-0.25, -0.2) is 0 Å². The summed E-state index contributed by atoms with van der Waals surface area (Å²) in [4.78, 5) is 10.3. The van der Waals surface area contributed by atoms with Crippen molar-refractivity contribution in [1.82, 2.24) is 0 Å². The standard InChI is InChI=1S/C5H8Cl2O2/c6-2-1-3-9-5(8)4-7/h1-4H2. The molecule has 0 rings (SSSR count). The van der Waals surface area contributed by atoms with Crippen molar-refractivity contribution in [3.05, 3.63) is 0 Å². The molecule has 0 saturated heterocycles. The van der Waals surface area contributed by atoms with Gasteiger partial charge in [-0.3, -0.25) is 4.79 Å². The highest BCUT2D eigenvalue weighted by Crippen LogP contribution is 1.88. The van der Waals surface area contributed by atoms with Crippen LogP contribution in [-0.2, 0) is 9.53 Å². The highest BCUT2D eigenvalue weighted by Gasteiger charge is 1.96. The fourth-order valence-corrected chi connectivity index (χ4v) is 0.465. The quantitative estimate of drug-likeness (QED) is 0.363. The molecule has 2 nitrogen and oxygen atoms in total. The zero-order valence-electron chi connectivity index (χ0n) is 4.90. The maximum Gasteiger partial charge on any atom is 0.320 e. The molecule has 0 radical (unpaired) electrons. The summed E-state index contributed by atoms with van der Waals surface area (Å²) in [5.74, 6) is 0.0412. The molecule has 0 aliphatic heterocycles. The van der Waals surface area contributed by atoms with Crippen LogP contribution in [0, 0.1) is 0 Å². The van der Waals surface area contributed by atoms with Gasteiger partial charge in [0.2, 0.25) is 0 Å². The number of carbonyl (C=O) groups is 1. The fraction of sp³-hybridized carbons (Fsp3) is 0.800. The van der Waals surface area contributed by atoms with E-state index in [9.17, 15) is 4.79 Å². The summed E-state index contributed by atoms with van der Waals surface area (Å²) in [6, 6.07) is 0. The lowest BCUT2D eigenvalue weighted by Gasteiger charge is -1.97. The van der Waals surface area contributed by atoms with Crippen LogP contribution in [0.15, 0.2) is 0 Å². The SMILES string of the molecule is O=C(CCl)OCCCCl. The molecule has 0 amide bonds. The highest BCUT2D eigenvalue weighted by molar-refractivity contribution is 6.26. The molecule has 0 atom stereocenters. The molecule has 0 aliphatic rings. The Balaban J connectivity index is 2.97. The Labute approximate surface area is 64.1 Å². The van der Waals surface area contributed by atoms with E-state index in [0.717, 1.165) is 0 Å². The molecule has 4 heteroatoms. The van der Waals surface area contributed by atoms with Crippen LogP contribution in [0.5, 0.6) is 0 Å². The number of ether oxygens (including phenoxy) is 1. The maximum atomic E-state index is 10.3. The van der Waals surface area contributed by atoms with Crippen molar-refractivity contribution in [2.75, 3.05) is 18.4 Å². The van der Waals surface area contributed by atoms with Gasteiger partial charge in [-0.1, -0.05) is 0 Å². The number of hydrogen-bond acceptors (Lipinski definition) is 2. The monoisotopic (exact) mass is 170 g/mol. The van der Waals surface area contributed by atoms with E-state index in [1.165, 1.54) is 0 Å². The van der Waals surface area contributed by atoms with E-state index in [1.54, 1.807) is 0 Å². The summed E-state index contributed by atoms with van der Waals surface area (Å²) in [5.41, 5.74) is 0. The van der Waals surface area contributed by atoms with Gasteiger partial charge in [0.25, 0.3) is 0 Å². The largest absolute Gasteiger partial charge is 0.465 e. The lowest BCUT2D eigenvalue weighted by Crippen LogP contribution is -2.06. The van der Waals surface area contributed by atoms with E-state index in [1.807, 2.05) is 0 Å². The fourth-order valence-electron chi connectivity index (χ4n) is 0.279. The van der Waals surface area contributed by atoms with Crippen molar-refractivity contribution in [1.29, 1.82) is 0 Å². The molecule has 0 unspecified atom stereocenters. The van der Waals surface area contributed by atoms with Gasteiger partial charge in [0.05, 0.1) is 6.61 Å². The van der Waals surface area contributed by atoms with Crippen molar-refractivity contribution in [2.24, 2.45) is 0 Å². The Morgan fingerprint density at radius 1 is 1.44 bits per heavy atom. The smallest absolute Gasteiger partial charge is 0.320 e. The number of esters is 1. The number of hydrogen-bond donors (Lipinski definition) is 0. The summed E-state index contributed by atoms with van der Waals surface area (Å²) in [7, 11) is 0. The summed E-state index contributed by atoms with van der Waals surface area (Å²) in [6.07, 6.45) is 0.685. The second kappa shape index (κ2) is 6.17. The predicted molar refractivity (Wildman–Crippen MR) is 37.0 cm³/mol. The van der Waals surface area contributed by atoms with Gasteiger partial charge >= 0.3 is 5.97 Å². The minimum Gasteiger partial charge on any atom is -0.465 e. The summed E-state index contributed by atoms with van der Waals surface area (Å²) in [6.45, 7) is 0.370. The third-order valence-electron chi connectivity index (χ3n) is 0.650. The Bertz CT molecular complexity index is 85.0. The molecular formula is C5H8Cl2O2. The second-order valence-electron chi connectivity index (χ2n) is 1.40. The maximum absolute atomic E-state index is 10.3. The van der Waals surface area contributed by atoms with Crippen LogP contribution < -0.4 is 0 Å². The Kier molecular flexibility index (Phi) is 6.21. The molecule has 0 aromatic heterocycles. The molecule has 0 aromatic rings. The molecule has 0 bridgehead atoms. The Morgan fingerprint density at radius 2 is 2.11 bits per heavy atom. The Hall–Kier alpha value is 0.0500. The molecule has 0 spiro atoms. The number of carbonyl (C=O) groups excluding carboxylic acids is 1. The van der Waals surface area contributed by atoms with Crippen LogP contribution in [0.3, 0.4) is 0 Å². The van der Waals surface area contributed by atoms with E-state index >= 15 is 0 Å². The molecule has 0 fully saturated rings. The van der Waals surface area contributed by atoms with Gasteiger partial charge in [-0.2, -0.15) is 0 Å². The number of halogens is 2. The lowest BCUT2D eigenvalue weighted by molar-refractivity contribution is -0.140. The van der Waals surface area contributed by atoms with E-state index in [0.29, 0.717) is 18.9 Å². The second-order valence-corrected chi connectivity index (χ2v) is 2.04. The van der Waals surface area contributed by atoms with Crippen LogP contribution in [0.25, 0.3) is 0 Å². The van der Waals surface area contributed by atoms with Crippen molar-refractivity contribution in [3.63, 3.8) is 0 Å². The summed E-state index contributed by atoms with van der Waals surface area (Å²) >= 11 is 10.4. The van der Waals surface area contributed by atoms with Crippen LogP contribution in [0.4, 0.5) is 0 Å². The normalized spacial score (nSPS) is 9.11. The zero-order chi connectivity index (χ0) is 7.11.